The molecular weight excluding hydrogens is 206 g/mol. The predicted octanol–water partition coefficient (Wildman–Crippen LogP) is 3.35. The fourth-order valence-electron chi connectivity index (χ4n) is 3.98. The van der Waals surface area contributed by atoms with Crippen molar-refractivity contribution in [1.82, 2.24) is 5.32 Å². The van der Waals surface area contributed by atoms with Crippen molar-refractivity contribution in [2.24, 2.45) is 11.8 Å². The molecule has 1 saturated carbocycles. The number of hydrogen-bond acceptors (Lipinski definition) is 1. The molecule has 4 unspecified atom stereocenters. The average Bonchev–Trinajstić information content (AvgIpc) is 3.10. The molecule has 1 nitrogen and oxygen atoms in total. The minimum absolute atomic E-state index is 0.737. The molecule has 0 saturated heterocycles. The van der Waals surface area contributed by atoms with Crippen LogP contribution in [0.4, 0.5) is 0 Å². The van der Waals surface area contributed by atoms with E-state index in [0.717, 1.165) is 30.3 Å². The molecular formula is C16H23N. The van der Waals surface area contributed by atoms with Gasteiger partial charge in [0, 0.05) is 6.04 Å². The molecule has 0 bridgehead atoms. The second kappa shape index (κ2) is 4.45. The Morgan fingerprint density at radius 3 is 2.88 bits per heavy atom. The molecule has 1 fully saturated rings. The number of benzene rings is 1. The van der Waals surface area contributed by atoms with Crippen LogP contribution in [-0.4, -0.2) is 12.6 Å². The van der Waals surface area contributed by atoms with E-state index in [1.807, 2.05) is 0 Å². The highest BCUT2D eigenvalue weighted by Gasteiger charge is 2.55. The van der Waals surface area contributed by atoms with Gasteiger partial charge in [-0.05, 0) is 54.7 Å². The standard InChI is InChI=1S/C16H23N/c1-3-14(17-4-2)16-13-10-9-11-7-5-6-8-12(11)15(13)16/h5-8,13-17H,3-4,9-10H2,1-2H3. The van der Waals surface area contributed by atoms with Gasteiger partial charge in [0.25, 0.3) is 0 Å². The second-order valence-corrected chi connectivity index (χ2v) is 5.58. The lowest BCUT2D eigenvalue weighted by molar-refractivity contribution is 0.433. The van der Waals surface area contributed by atoms with E-state index in [1.54, 1.807) is 11.1 Å². The minimum Gasteiger partial charge on any atom is -0.314 e. The summed E-state index contributed by atoms with van der Waals surface area (Å²) in [6.45, 7) is 5.66. The topological polar surface area (TPSA) is 12.0 Å². The van der Waals surface area contributed by atoms with Gasteiger partial charge < -0.3 is 5.32 Å². The number of rotatable bonds is 4. The molecule has 0 aliphatic heterocycles. The van der Waals surface area contributed by atoms with Gasteiger partial charge in [-0.3, -0.25) is 0 Å². The lowest BCUT2D eigenvalue weighted by Gasteiger charge is -2.16. The van der Waals surface area contributed by atoms with E-state index in [9.17, 15) is 0 Å². The van der Waals surface area contributed by atoms with Crippen LogP contribution in [-0.2, 0) is 6.42 Å². The van der Waals surface area contributed by atoms with Gasteiger partial charge in [0.2, 0.25) is 0 Å². The van der Waals surface area contributed by atoms with E-state index >= 15 is 0 Å². The van der Waals surface area contributed by atoms with Crippen molar-refractivity contribution in [3.05, 3.63) is 35.4 Å². The first kappa shape index (κ1) is 11.3. The van der Waals surface area contributed by atoms with Gasteiger partial charge in [-0.15, -0.1) is 0 Å². The molecule has 1 heteroatoms. The summed E-state index contributed by atoms with van der Waals surface area (Å²) in [5.74, 6) is 2.74. The van der Waals surface area contributed by atoms with Gasteiger partial charge in [0.15, 0.2) is 0 Å². The third-order valence-corrected chi connectivity index (χ3v) is 4.76. The monoisotopic (exact) mass is 229 g/mol. The van der Waals surface area contributed by atoms with Crippen LogP contribution in [0, 0.1) is 11.8 Å². The van der Waals surface area contributed by atoms with Crippen LogP contribution >= 0.6 is 0 Å². The van der Waals surface area contributed by atoms with Gasteiger partial charge in [0.1, 0.15) is 0 Å². The second-order valence-electron chi connectivity index (χ2n) is 5.58. The zero-order valence-electron chi connectivity index (χ0n) is 10.9. The van der Waals surface area contributed by atoms with E-state index in [-0.39, 0.29) is 0 Å². The summed E-state index contributed by atoms with van der Waals surface area (Å²) in [5, 5.41) is 3.68. The number of aryl methyl sites for hydroxylation is 1. The van der Waals surface area contributed by atoms with Crippen molar-refractivity contribution in [2.45, 2.75) is 45.1 Å². The Bertz CT molecular complexity index is 398. The molecule has 92 valence electrons. The lowest BCUT2D eigenvalue weighted by Crippen LogP contribution is -2.31. The van der Waals surface area contributed by atoms with Crippen LogP contribution in [0.1, 0.15) is 43.7 Å². The number of fused-ring (bicyclic) bond motifs is 3. The average molecular weight is 229 g/mol. The van der Waals surface area contributed by atoms with Crippen LogP contribution in [0.15, 0.2) is 24.3 Å². The van der Waals surface area contributed by atoms with Crippen LogP contribution < -0.4 is 5.32 Å². The maximum absolute atomic E-state index is 3.68. The zero-order chi connectivity index (χ0) is 11.8. The van der Waals surface area contributed by atoms with Crippen molar-refractivity contribution in [2.75, 3.05) is 6.54 Å². The molecule has 1 aromatic rings. The van der Waals surface area contributed by atoms with E-state index in [2.05, 4.69) is 43.4 Å². The molecule has 0 spiro atoms. The van der Waals surface area contributed by atoms with Crippen molar-refractivity contribution in [3.8, 4) is 0 Å². The summed E-state index contributed by atoms with van der Waals surface area (Å²) in [5.41, 5.74) is 3.27. The van der Waals surface area contributed by atoms with Crippen LogP contribution in [0.2, 0.25) is 0 Å². The summed E-state index contributed by atoms with van der Waals surface area (Å²) in [6.07, 6.45) is 3.98. The summed E-state index contributed by atoms with van der Waals surface area (Å²) in [6, 6.07) is 9.84. The molecule has 4 atom stereocenters. The molecule has 1 aromatic carbocycles. The largest absolute Gasteiger partial charge is 0.314 e. The highest BCUT2D eigenvalue weighted by Crippen LogP contribution is 2.61. The zero-order valence-corrected chi connectivity index (χ0v) is 10.9. The molecule has 0 amide bonds. The molecule has 1 N–H and O–H groups in total. The SMILES string of the molecule is CCNC(CC)C1C2CCc3ccccc3C21. The van der Waals surface area contributed by atoms with E-state index in [0.29, 0.717) is 0 Å². The Hall–Kier alpha value is -0.820. The smallest absolute Gasteiger partial charge is 0.0101 e. The Kier molecular flexibility index (Phi) is 2.96. The van der Waals surface area contributed by atoms with E-state index in [1.165, 1.54) is 19.3 Å². The van der Waals surface area contributed by atoms with Gasteiger partial charge in [-0.1, -0.05) is 38.1 Å². The highest BCUT2D eigenvalue weighted by atomic mass is 14.9. The summed E-state index contributed by atoms with van der Waals surface area (Å²) >= 11 is 0. The molecule has 0 aromatic heterocycles. The van der Waals surface area contributed by atoms with Crippen LogP contribution in [0.5, 0.6) is 0 Å². The van der Waals surface area contributed by atoms with Crippen molar-refractivity contribution >= 4 is 0 Å². The molecule has 0 radical (unpaired) electrons. The van der Waals surface area contributed by atoms with Gasteiger partial charge >= 0.3 is 0 Å². The predicted molar refractivity (Wildman–Crippen MR) is 72.2 cm³/mol. The maximum atomic E-state index is 3.68. The summed E-state index contributed by atoms with van der Waals surface area (Å²) in [4.78, 5) is 0. The molecule has 0 heterocycles. The minimum atomic E-state index is 0.737. The van der Waals surface area contributed by atoms with Gasteiger partial charge in [-0.2, -0.15) is 0 Å². The Morgan fingerprint density at radius 2 is 2.12 bits per heavy atom. The van der Waals surface area contributed by atoms with E-state index < -0.39 is 0 Å². The molecule has 2 aliphatic rings. The summed E-state index contributed by atoms with van der Waals surface area (Å²) < 4.78 is 0. The van der Waals surface area contributed by atoms with Crippen molar-refractivity contribution in [3.63, 3.8) is 0 Å². The first-order valence-corrected chi connectivity index (χ1v) is 7.18. The van der Waals surface area contributed by atoms with Crippen LogP contribution in [0.3, 0.4) is 0 Å². The molecule has 2 aliphatic carbocycles. The third kappa shape index (κ3) is 1.81. The van der Waals surface area contributed by atoms with Crippen molar-refractivity contribution < 1.29 is 0 Å². The van der Waals surface area contributed by atoms with Gasteiger partial charge in [-0.25, -0.2) is 0 Å². The number of nitrogens with one attached hydrogen (secondary N) is 1. The fraction of sp³-hybridized carbons (Fsp3) is 0.625. The first-order valence-electron chi connectivity index (χ1n) is 7.18. The molecule has 17 heavy (non-hydrogen) atoms. The number of hydrogen-bond donors (Lipinski definition) is 1. The Labute approximate surface area is 105 Å². The van der Waals surface area contributed by atoms with Crippen molar-refractivity contribution in [1.29, 1.82) is 0 Å². The van der Waals surface area contributed by atoms with Gasteiger partial charge in [0.05, 0.1) is 0 Å². The summed E-state index contributed by atoms with van der Waals surface area (Å²) in [7, 11) is 0. The Morgan fingerprint density at radius 1 is 1.29 bits per heavy atom. The lowest BCUT2D eigenvalue weighted by atomic mass is 9.92. The quantitative estimate of drug-likeness (QED) is 0.835. The van der Waals surface area contributed by atoms with Crippen LogP contribution in [0.25, 0.3) is 0 Å². The van der Waals surface area contributed by atoms with E-state index in [4.69, 9.17) is 0 Å². The third-order valence-electron chi connectivity index (χ3n) is 4.76. The first-order chi connectivity index (χ1) is 8.36. The molecule has 3 rings (SSSR count). The normalized spacial score (nSPS) is 31.5. The maximum Gasteiger partial charge on any atom is 0.0101 e. The Balaban J connectivity index is 1.81. The highest BCUT2D eigenvalue weighted by molar-refractivity contribution is 5.40. The fourth-order valence-corrected chi connectivity index (χ4v) is 3.98.